The summed E-state index contributed by atoms with van der Waals surface area (Å²) in [5, 5.41) is 4.87. The molecule has 2 aromatic rings. The minimum atomic E-state index is 0. The minimum Gasteiger partial charge on any atom is -1.00 e. The first-order chi connectivity index (χ1) is 14.2. The van der Waals surface area contributed by atoms with Crippen molar-refractivity contribution in [2.75, 3.05) is 0 Å². The van der Waals surface area contributed by atoms with Crippen molar-refractivity contribution >= 4 is 65.2 Å². The normalized spacial score (nSPS) is 10.8. The van der Waals surface area contributed by atoms with E-state index in [9.17, 15) is 0 Å². The Kier molecular flexibility index (Phi) is 8.29. The van der Waals surface area contributed by atoms with Crippen LogP contribution in [0.4, 0.5) is 0 Å². The van der Waals surface area contributed by atoms with E-state index in [-0.39, 0.29) is 51.0 Å². The number of pyridine rings is 2. The summed E-state index contributed by atoms with van der Waals surface area (Å²) in [6.45, 7) is 0. The molecule has 0 saturated carbocycles. The quantitative estimate of drug-likeness (QED) is 0.270. The van der Waals surface area contributed by atoms with Crippen LogP contribution in [0.3, 0.4) is 0 Å². The van der Waals surface area contributed by atoms with Gasteiger partial charge in [0.1, 0.15) is 0 Å². The van der Waals surface area contributed by atoms with Gasteiger partial charge in [-0.1, -0.05) is 120 Å². The molecule has 2 aliphatic carbocycles. The third-order valence-corrected chi connectivity index (χ3v) is 7.28. The molecule has 0 amide bonds. The maximum absolute atomic E-state index is 3.69. The fraction of sp³-hybridized carbons (Fsp3) is 0. The van der Waals surface area contributed by atoms with E-state index in [1.165, 1.54) is 42.5 Å². The van der Waals surface area contributed by atoms with Crippen molar-refractivity contribution in [3.8, 4) is 22.3 Å². The molecule has 4 aliphatic rings. The standard InChI is InChI=1S/C24H12Br2N2S.2ClH.Zr/c25-16-1-2-18-14(6-16)8-19-21(18)11-28-12-23(19)29-22-9-17(26)7-15-5-13-3-4-27-10-20(13)24(15)22;;;/h1-9,12,27-28H;2*1H;/q-2;;;+4/p-2. The number of H-pyrrole nitrogens is 2. The Labute approximate surface area is 238 Å². The summed E-state index contributed by atoms with van der Waals surface area (Å²) in [7, 11) is 0. The first-order valence-corrected chi connectivity index (χ1v) is 11.5. The summed E-state index contributed by atoms with van der Waals surface area (Å²) in [5.41, 5.74) is 4.65. The van der Waals surface area contributed by atoms with Gasteiger partial charge in [0.05, 0.1) is 0 Å². The molecule has 0 saturated heterocycles. The Bertz CT molecular complexity index is 1480. The molecule has 0 atom stereocenters. The smallest absolute Gasteiger partial charge is 1.00 e. The zero-order valence-electron chi connectivity index (χ0n) is 16.2. The number of hydrogen-bond donors (Lipinski definition) is 2. The Morgan fingerprint density at radius 2 is 1.53 bits per heavy atom. The third-order valence-electron chi connectivity index (χ3n) is 5.23. The van der Waals surface area contributed by atoms with Gasteiger partial charge in [0.2, 0.25) is 0 Å². The van der Waals surface area contributed by atoms with Crippen LogP contribution in [0.15, 0.2) is 79.7 Å². The van der Waals surface area contributed by atoms with Crippen LogP contribution >= 0.6 is 43.6 Å². The second-order valence-corrected chi connectivity index (χ2v) is 9.91. The van der Waals surface area contributed by atoms with Crippen molar-refractivity contribution in [2.24, 2.45) is 0 Å². The number of aromatic nitrogens is 2. The molecule has 0 aromatic heterocycles. The molecule has 2 heterocycles. The molecule has 0 fully saturated rings. The second-order valence-electron chi connectivity index (χ2n) is 6.99. The molecule has 2 aromatic carbocycles. The van der Waals surface area contributed by atoms with Crippen LogP contribution in [-0.2, 0) is 26.2 Å². The summed E-state index contributed by atoms with van der Waals surface area (Å²) in [6.07, 6.45) is 10.6. The van der Waals surface area contributed by atoms with Crippen molar-refractivity contribution < 1.29 is 51.0 Å². The van der Waals surface area contributed by atoms with Gasteiger partial charge in [-0.3, -0.25) is 0 Å². The Morgan fingerprint density at radius 3 is 2.38 bits per heavy atom. The molecule has 2 N–H and O–H groups in total. The monoisotopic (exact) mass is 678 g/mol. The number of nitrogens with one attached hydrogen (secondary N) is 2. The molecule has 32 heavy (non-hydrogen) atoms. The van der Waals surface area contributed by atoms with Crippen LogP contribution in [0.1, 0.15) is 0 Å². The summed E-state index contributed by atoms with van der Waals surface area (Å²) < 4.78 is 2.16. The van der Waals surface area contributed by atoms with Crippen molar-refractivity contribution in [3.63, 3.8) is 0 Å². The molecular formula is C24H12Br2Cl2N2SZr. The van der Waals surface area contributed by atoms with Crippen LogP contribution in [-0.4, -0.2) is 9.97 Å². The SMILES string of the molecule is Brc1ccc2c3[c-][nH]cc(Sc4cc(Br)cc5cc6cc[nH][c-]c-6c45)c-3cc2c1.[Cl-].[Cl-].[Zr+4]. The third kappa shape index (κ3) is 4.35. The van der Waals surface area contributed by atoms with Crippen LogP contribution in [0.5, 0.6) is 0 Å². The van der Waals surface area contributed by atoms with Gasteiger partial charge in [0.25, 0.3) is 0 Å². The van der Waals surface area contributed by atoms with E-state index in [1.54, 1.807) is 11.8 Å². The van der Waals surface area contributed by atoms with Crippen LogP contribution in [0.25, 0.3) is 43.8 Å². The average molecular weight is 682 g/mol. The van der Waals surface area contributed by atoms with E-state index in [0.717, 1.165) is 20.1 Å². The molecule has 8 heteroatoms. The summed E-state index contributed by atoms with van der Waals surface area (Å²) in [6, 6.07) is 17.3. The number of fused-ring (bicyclic) bond motifs is 6. The predicted molar refractivity (Wildman–Crippen MR) is 127 cm³/mol. The Balaban J connectivity index is 0.000000963. The predicted octanol–water partition coefficient (Wildman–Crippen LogP) is 2.14. The number of hydrogen-bond acceptors (Lipinski definition) is 1. The van der Waals surface area contributed by atoms with Gasteiger partial charge in [-0.15, -0.1) is 34.5 Å². The van der Waals surface area contributed by atoms with Gasteiger partial charge in [-0.25, -0.2) is 0 Å². The van der Waals surface area contributed by atoms with Gasteiger partial charge >= 0.3 is 26.2 Å². The molecule has 0 spiro atoms. The minimum absolute atomic E-state index is 0. The van der Waals surface area contributed by atoms with E-state index in [0.29, 0.717) is 0 Å². The van der Waals surface area contributed by atoms with Gasteiger partial charge in [0.15, 0.2) is 0 Å². The van der Waals surface area contributed by atoms with Gasteiger partial charge in [-0.05, 0) is 15.9 Å². The topological polar surface area (TPSA) is 31.6 Å². The molecule has 156 valence electrons. The van der Waals surface area contributed by atoms with Crippen molar-refractivity contribution in [2.45, 2.75) is 9.79 Å². The number of benzene rings is 2. The summed E-state index contributed by atoms with van der Waals surface area (Å²) in [5.74, 6) is 0. The van der Waals surface area contributed by atoms with Crippen LogP contribution < -0.4 is 24.8 Å². The molecule has 2 aliphatic heterocycles. The van der Waals surface area contributed by atoms with Crippen LogP contribution in [0.2, 0.25) is 0 Å². The zero-order valence-corrected chi connectivity index (χ0v) is 24.2. The molecule has 2 nitrogen and oxygen atoms in total. The maximum atomic E-state index is 3.69. The zero-order chi connectivity index (χ0) is 19.5. The molecular weight excluding hydrogens is 670 g/mol. The van der Waals surface area contributed by atoms with Gasteiger partial charge in [-0.2, -0.15) is 0 Å². The average Bonchev–Trinajstić information content (AvgIpc) is 3.25. The van der Waals surface area contributed by atoms with Crippen molar-refractivity contribution in [1.82, 2.24) is 9.97 Å². The van der Waals surface area contributed by atoms with Crippen LogP contribution in [0, 0.1) is 12.4 Å². The molecule has 0 bridgehead atoms. The van der Waals surface area contributed by atoms with Crippen molar-refractivity contribution in [3.05, 3.63) is 82.3 Å². The van der Waals surface area contributed by atoms with E-state index >= 15 is 0 Å². The number of rotatable bonds is 2. The molecule has 0 radical (unpaired) electrons. The Hall–Kier alpha value is -0.747. The first-order valence-electron chi connectivity index (χ1n) is 9.07. The summed E-state index contributed by atoms with van der Waals surface area (Å²) >= 11 is 9.04. The summed E-state index contributed by atoms with van der Waals surface area (Å²) in [4.78, 5) is 8.72. The molecule has 6 rings (SSSR count). The number of aromatic amines is 2. The fourth-order valence-electron chi connectivity index (χ4n) is 4.00. The first kappa shape index (κ1) is 25.9. The van der Waals surface area contributed by atoms with E-state index < -0.39 is 0 Å². The fourth-order valence-corrected chi connectivity index (χ4v) is 6.14. The van der Waals surface area contributed by atoms with E-state index in [1.807, 2.05) is 12.4 Å². The van der Waals surface area contributed by atoms with Crippen molar-refractivity contribution in [1.29, 1.82) is 0 Å². The maximum Gasteiger partial charge on any atom is 4.00 e. The van der Waals surface area contributed by atoms with Gasteiger partial charge < -0.3 is 34.8 Å². The van der Waals surface area contributed by atoms with E-state index in [4.69, 9.17) is 0 Å². The largest absolute Gasteiger partial charge is 4.00 e. The Morgan fingerprint density at radius 1 is 0.750 bits per heavy atom. The second kappa shape index (κ2) is 10.3. The van der Waals surface area contributed by atoms with E-state index in [2.05, 4.69) is 103 Å². The molecule has 0 unspecified atom stereocenters. The number of halogens is 4. The van der Waals surface area contributed by atoms with Gasteiger partial charge in [0, 0.05) is 8.95 Å².